The Morgan fingerprint density at radius 1 is 1.16 bits per heavy atom. The number of aromatic nitrogens is 4. The summed E-state index contributed by atoms with van der Waals surface area (Å²) in [6.07, 6.45) is 3.03. The fourth-order valence-electron chi connectivity index (χ4n) is 4.03. The number of fused-ring (bicyclic) bond motifs is 1. The van der Waals surface area contributed by atoms with Crippen molar-refractivity contribution < 1.29 is 4.74 Å². The molecule has 0 atom stereocenters. The number of hydrogen-bond acceptors (Lipinski definition) is 5. The molecule has 4 rings (SSSR count). The van der Waals surface area contributed by atoms with Gasteiger partial charge in [-0.1, -0.05) is 12.1 Å². The van der Waals surface area contributed by atoms with E-state index < -0.39 is 0 Å². The van der Waals surface area contributed by atoms with Gasteiger partial charge in [-0.2, -0.15) is 0 Å². The van der Waals surface area contributed by atoms with Crippen molar-refractivity contribution in [3.05, 3.63) is 47.2 Å². The third kappa shape index (κ3) is 5.46. The minimum absolute atomic E-state index is 0.483. The Labute approximate surface area is 189 Å². The van der Waals surface area contributed by atoms with Crippen LogP contribution in [0.3, 0.4) is 0 Å². The SMILES string of the molecule is Cc1cccc2[nH]cc(CCNC(=NCc3nnc(C)n3C)NCCN3CCOCC3)c12. The summed E-state index contributed by atoms with van der Waals surface area (Å²) in [6.45, 7) is 10.8. The van der Waals surface area contributed by atoms with Gasteiger partial charge in [0.15, 0.2) is 11.8 Å². The molecule has 1 aromatic carbocycles. The quantitative estimate of drug-likeness (QED) is 0.365. The molecule has 0 saturated carbocycles. The van der Waals surface area contributed by atoms with E-state index in [0.29, 0.717) is 6.54 Å². The number of rotatable bonds is 8. The molecule has 2 aromatic heterocycles. The van der Waals surface area contributed by atoms with Gasteiger partial charge in [-0.05, 0) is 37.5 Å². The van der Waals surface area contributed by atoms with Crippen LogP contribution in [0.15, 0.2) is 29.4 Å². The van der Waals surface area contributed by atoms with E-state index in [1.54, 1.807) is 0 Å². The molecule has 0 amide bonds. The van der Waals surface area contributed by atoms with Crippen LogP contribution in [-0.4, -0.2) is 76.5 Å². The van der Waals surface area contributed by atoms with Crippen LogP contribution in [0, 0.1) is 13.8 Å². The minimum atomic E-state index is 0.483. The number of aromatic amines is 1. The van der Waals surface area contributed by atoms with E-state index in [2.05, 4.69) is 62.0 Å². The number of aryl methyl sites for hydroxylation is 2. The molecule has 32 heavy (non-hydrogen) atoms. The molecule has 3 N–H and O–H groups in total. The lowest BCUT2D eigenvalue weighted by molar-refractivity contribution is 0.0389. The summed E-state index contributed by atoms with van der Waals surface area (Å²) in [5, 5.41) is 16.7. The van der Waals surface area contributed by atoms with Crippen LogP contribution in [0.5, 0.6) is 0 Å². The van der Waals surface area contributed by atoms with E-state index in [9.17, 15) is 0 Å². The van der Waals surface area contributed by atoms with Crippen LogP contribution in [0.1, 0.15) is 22.8 Å². The summed E-state index contributed by atoms with van der Waals surface area (Å²) in [5.74, 6) is 2.54. The van der Waals surface area contributed by atoms with Gasteiger partial charge in [0.1, 0.15) is 12.4 Å². The molecular formula is C23H34N8O. The first-order valence-corrected chi connectivity index (χ1v) is 11.3. The summed E-state index contributed by atoms with van der Waals surface area (Å²) in [7, 11) is 1.97. The van der Waals surface area contributed by atoms with Gasteiger partial charge in [0.25, 0.3) is 0 Å². The fourth-order valence-corrected chi connectivity index (χ4v) is 4.03. The molecule has 9 heteroatoms. The van der Waals surface area contributed by atoms with E-state index in [-0.39, 0.29) is 0 Å². The predicted molar refractivity (Wildman–Crippen MR) is 127 cm³/mol. The Hall–Kier alpha value is -2.91. The van der Waals surface area contributed by atoms with Crippen molar-refractivity contribution in [3.8, 4) is 0 Å². The summed E-state index contributed by atoms with van der Waals surface area (Å²) in [4.78, 5) is 10.6. The van der Waals surface area contributed by atoms with E-state index in [4.69, 9.17) is 9.73 Å². The van der Waals surface area contributed by atoms with Crippen LogP contribution in [0.25, 0.3) is 10.9 Å². The Morgan fingerprint density at radius 2 is 1.97 bits per heavy atom. The number of H-pyrrole nitrogens is 1. The highest BCUT2D eigenvalue weighted by atomic mass is 16.5. The Balaban J connectivity index is 1.37. The predicted octanol–water partition coefficient (Wildman–Crippen LogP) is 1.52. The molecule has 9 nitrogen and oxygen atoms in total. The smallest absolute Gasteiger partial charge is 0.191 e. The molecule has 1 aliphatic rings. The number of nitrogens with one attached hydrogen (secondary N) is 3. The summed E-state index contributed by atoms with van der Waals surface area (Å²) in [6, 6.07) is 6.38. The lowest BCUT2D eigenvalue weighted by Gasteiger charge is -2.26. The standard InChI is InChI=1S/C23H34N8O/c1-17-5-4-6-20-22(17)19(15-26-20)7-8-24-23(25-9-10-31-11-13-32-14-12-31)27-16-21-29-28-18(2)30(21)3/h4-6,15,26H,7-14,16H2,1-3H3,(H2,24,25,27). The van der Waals surface area contributed by atoms with Gasteiger partial charge >= 0.3 is 0 Å². The number of benzene rings is 1. The number of nitrogens with zero attached hydrogens (tertiary/aromatic N) is 5. The van der Waals surface area contributed by atoms with E-state index in [0.717, 1.165) is 70.0 Å². The molecule has 0 aliphatic carbocycles. The number of guanidine groups is 1. The largest absolute Gasteiger partial charge is 0.379 e. The zero-order valence-electron chi connectivity index (χ0n) is 19.3. The Bertz CT molecular complexity index is 1050. The number of morpholine rings is 1. The Kier molecular flexibility index (Phi) is 7.39. The van der Waals surface area contributed by atoms with Crippen LogP contribution in [0.4, 0.5) is 0 Å². The number of ether oxygens (including phenoxy) is 1. The molecule has 0 spiro atoms. The second-order valence-electron chi connectivity index (χ2n) is 8.26. The molecule has 0 unspecified atom stereocenters. The van der Waals surface area contributed by atoms with Gasteiger partial charge in [-0.15, -0.1) is 10.2 Å². The first-order chi connectivity index (χ1) is 15.6. The van der Waals surface area contributed by atoms with Gasteiger partial charge in [0.05, 0.1) is 13.2 Å². The van der Waals surface area contributed by atoms with Crippen LogP contribution in [0.2, 0.25) is 0 Å². The lowest BCUT2D eigenvalue weighted by atomic mass is 10.1. The summed E-state index contributed by atoms with van der Waals surface area (Å²) < 4.78 is 7.42. The van der Waals surface area contributed by atoms with Crippen molar-refractivity contribution in [1.82, 2.24) is 35.3 Å². The van der Waals surface area contributed by atoms with Crippen LogP contribution in [-0.2, 0) is 24.8 Å². The lowest BCUT2D eigenvalue weighted by Crippen LogP contribution is -2.44. The highest BCUT2D eigenvalue weighted by Crippen LogP contribution is 2.22. The third-order valence-electron chi connectivity index (χ3n) is 6.07. The van der Waals surface area contributed by atoms with Crippen molar-refractivity contribution in [2.75, 3.05) is 45.9 Å². The molecule has 0 radical (unpaired) electrons. The van der Waals surface area contributed by atoms with Crippen molar-refractivity contribution in [2.45, 2.75) is 26.8 Å². The van der Waals surface area contributed by atoms with Gasteiger partial charge in [0.2, 0.25) is 0 Å². The molecule has 3 aromatic rings. The minimum Gasteiger partial charge on any atom is -0.379 e. The maximum absolute atomic E-state index is 5.44. The van der Waals surface area contributed by atoms with Gasteiger partial charge in [-0.25, -0.2) is 4.99 Å². The van der Waals surface area contributed by atoms with Gasteiger partial charge < -0.3 is 24.9 Å². The van der Waals surface area contributed by atoms with Crippen LogP contribution >= 0.6 is 0 Å². The zero-order chi connectivity index (χ0) is 22.3. The van der Waals surface area contributed by atoms with E-state index in [1.807, 2.05) is 18.5 Å². The number of aliphatic imine (C=N–C) groups is 1. The first kappa shape index (κ1) is 22.3. The summed E-state index contributed by atoms with van der Waals surface area (Å²) >= 11 is 0. The molecule has 0 bridgehead atoms. The van der Waals surface area contributed by atoms with Crippen molar-refractivity contribution >= 4 is 16.9 Å². The monoisotopic (exact) mass is 438 g/mol. The highest BCUT2D eigenvalue weighted by molar-refractivity contribution is 5.86. The molecule has 172 valence electrons. The second kappa shape index (κ2) is 10.6. The maximum Gasteiger partial charge on any atom is 0.191 e. The van der Waals surface area contributed by atoms with Crippen LogP contribution < -0.4 is 10.6 Å². The topological polar surface area (TPSA) is 95.4 Å². The zero-order valence-corrected chi connectivity index (χ0v) is 19.3. The van der Waals surface area contributed by atoms with Crippen molar-refractivity contribution in [3.63, 3.8) is 0 Å². The van der Waals surface area contributed by atoms with Gasteiger partial charge in [-0.3, -0.25) is 4.90 Å². The van der Waals surface area contributed by atoms with E-state index in [1.165, 1.54) is 22.0 Å². The Morgan fingerprint density at radius 3 is 2.75 bits per heavy atom. The first-order valence-electron chi connectivity index (χ1n) is 11.3. The van der Waals surface area contributed by atoms with Crippen molar-refractivity contribution in [1.29, 1.82) is 0 Å². The normalized spacial score (nSPS) is 15.4. The fraction of sp³-hybridized carbons (Fsp3) is 0.522. The third-order valence-corrected chi connectivity index (χ3v) is 6.07. The second-order valence-corrected chi connectivity index (χ2v) is 8.26. The van der Waals surface area contributed by atoms with Gasteiger partial charge in [0, 0.05) is 56.9 Å². The summed E-state index contributed by atoms with van der Waals surface area (Å²) in [5.41, 5.74) is 3.81. The highest BCUT2D eigenvalue weighted by Gasteiger charge is 2.11. The number of hydrogen-bond donors (Lipinski definition) is 3. The maximum atomic E-state index is 5.44. The molecular weight excluding hydrogens is 404 g/mol. The van der Waals surface area contributed by atoms with Crippen molar-refractivity contribution in [2.24, 2.45) is 12.0 Å². The molecule has 1 saturated heterocycles. The molecule has 1 aliphatic heterocycles. The average Bonchev–Trinajstić information content (AvgIpc) is 3.36. The molecule has 3 heterocycles. The molecule has 1 fully saturated rings. The average molecular weight is 439 g/mol. The van der Waals surface area contributed by atoms with E-state index >= 15 is 0 Å².